The molecular weight excluding hydrogens is 680 g/mol. The van der Waals surface area contributed by atoms with Crippen LogP contribution in [0.15, 0.2) is 36.4 Å². The summed E-state index contributed by atoms with van der Waals surface area (Å²) in [6.45, 7) is 9.82. The van der Waals surface area contributed by atoms with E-state index in [4.69, 9.17) is 4.74 Å². The van der Waals surface area contributed by atoms with Crippen molar-refractivity contribution in [3.8, 4) is 0 Å². The molecule has 2 atom stereocenters. The molecule has 0 aliphatic carbocycles. The largest absolute Gasteiger partial charge is 0.444 e. The highest BCUT2D eigenvalue weighted by atomic mass is 16.6. The molecule has 0 radical (unpaired) electrons. The lowest BCUT2D eigenvalue weighted by Crippen LogP contribution is -2.52. The van der Waals surface area contributed by atoms with Crippen LogP contribution in [0.3, 0.4) is 0 Å². The number of nitrogens with zero attached hydrogens (tertiary/aromatic N) is 3. The molecule has 2 aromatic carbocycles. The molecule has 14 nitrogen and oxygen atoms in total. The van der Waals surface area contributed by atoms with Crippen LogP contribution in [-0.2, 0) is 49.8 Å². The Morgan fingerprint density at radius 2 is 1.19 bits per heavy atom. The second-order valence-electron chi connectivity index (χ2n) is 16.0. The molecule has 4 fully saturated rings. The fourth-order valence-corrected chi connectivity index (χ4v) is 7.84. The molecule has 14 heteroatoms. The number of piperidine rings is 2. The minimum absolute atomic E-state index is 0.105. The first kappa shape index (κ1) is 36.3. The Morgan fingerprint density at radius 3 is 1.60 bits per heavy atom. The van der Waals surface area contributed by atoms with Gasteiger partial charge in [-0.15, -0.1) is 0 Å². The number of nitrogens with one attached hydrogen (secondary N) is 3. The number of amides is 7. The maximum Gasteiger partial charge on any atom is 0.410 e. The zero-order chi connectivity index (χ0) is 37.6. The fourth-order valence-electron chi connectivity index (χ4n) is 7.84. The Balaban J connectivity index is 0.000000170. The summed E-state index contributed by atoms with van der Waals surface area (Å²) < 4.78 is 5.39. The van der Waals surface area contributed by atoms with E-state index in [1.54, 1.807) is 14.7 Å². The Kier molecular flexibility index (Phi) is 9.83. The van der Waals surface area contributed by atoms with Crippen molar-refractivity contribution in [2.45, 2.75) is 90.1 Å². The smallest absolute Gasteiger partial charge is 0.410 e. The summed E-state index contributed by atoms with van der Waals surface area (Å²) >= 11 is 0. The summed E-state index contributed by atoms with van der Waals surface area (Å²) in [7, 11) is 0. The maximum atomic E-state index is 12.8. The first-order chi connectivity index (χ1) is 25.2. The highest BCUT2D eigenvalue weighted by molar-refractivity contribution is 6.06. The Morgan fingerprint density at radius 1 is 0.717 bits per heavy atom. The monoisotopic (exact) mass is 726 g/mol. The molecule has 8 rings (SSSR count). The zero-order valence-electron chi connectivity index (χ0n) is 30.4. The van der Waals surface area contributed by atoms with Crippen molar-refractivity contribution in [1.29, 1.82) is 0 Å². The highest BCUT2D eigenvalue weighted by Gasteiger charge is 2.41. The highest BCUT2D eigenvalue weighted by Crippen LogP contribution is 2.31. The van der Waals surface area contributed by atoms with Crippen LogP contribution in [0.2, 0.25) is 0 Å². The van der Waals surface area contributed by atoms with Crippen molar-refractivity contribution in [3.05, 3.63) is 69.8 Å². The number of carbonyl (C=O) groups is 7. The molecule has 7 amide bonds. The Labute approximate surface area is 307 Å². The molecular formula is C39H46N6O8. The maximum absolute atomic E-state index is 12.8. The summed E-state index contributed by atoms with van der Waals surface area (Å²) in [5.41, 5.74) is 5.06. The first-order valence-corrected chi connectivity index (χ1v) is 18.4. The first-order valence-electron chi connectivity index (χ1n) is 18.4. The van der Waals surface area contributed by atoms with Gasteiger partial charge in [0.1, 0.15) is 17.7 Å². The second-order valence-corrected chi connectivity index (χ2v) is 16.0. The van der Waals surface area contributed by atoms with Gasteiger partial charge in [0.25, 0.3) is 11.8 Å². The molecule has 2 aromatic rings. The molecule has 2 unspecified atom stereocenters. The Bertz CT molecular complexity index is 1880. The summed E-state index contributed by atoms with van der Waals surface area (Å²) in [5.74, 6) is -0.532. The standard InChI is InChI=1S/C22H27N3O5.C17H19N3O3/c1-22(2,3)30-21(29)24-10-14(11-24)8-13-4-5-16-15(9-13)12-25(20(16)28)17-6-7-18(26)23-19(17)27;21-15-4-3-14(16(22)19-15)20-9-12-6-10(5-11-7-18-8-11)1-2-13(12)17(20)23/h4-5,9,14,17H,6-8,10-12H2,1-3H3,(H,23,26,27);1-2,6,11,14,18H,3-5,7-9H2,(H,19,21,22). The van der Waals surface area contributed by atoms with E-state index in [0.717, 1.165) is 42.6 Å². The van der Waals surface area contributed by atoms with Crippen LogP contribution in [0.25, 0.3) is 0 Å². The summed E-state index contributed by atoms with van der Waals surface area (Å²) in [6.07, 6.45) is 2.86. The predicted molar refractivity (Wildman–Crippen MR) is 190 cm³/mol. The van der Waals surface area contributed by atoms with E-state index >= 15 is 0 Å². The van der Waals surface area contributed by atoms with Crippen LogP contribution < -0.4 is 16.0 Å². The third kappa shape index (κ3) is 7.82. The van der Waals surface area contributed by atoms with Crippen molar-refractivity contribution in [2.24, 2.45) is 11.8 Å². The van der Waals surface area contributed by atoms with E-state index in [-0.39, 0.29) is 48.5 Å². The molecule has 6 heterocycles. The third-order valence-electron chi connectivity index (χ3n) is 10.7. The van der Waals surface area contributed by atoms with E-state index < -0.39 is 23.6 Å². The van der Waals surface area contributed by atoms with Crippen LogP contribution in [0.1, 0.15) is 89.4 Å². The number of ether oxygens (including phenoxy) is 1. The molecule has 0 bridgehead atoms. The second kappa shape index (κ2) is 14.4. The van der Waals surface area contributed by atoms with Gasteiger partial charge in [0.05, 0.1) is 0 Å². The molecule has 0 spiro atoms. The SMILES string of the molecule is CC(C)(C)OC(=O)N1CC(Cc2ccc3c(c2)CN(C2CCC(=O)NC2=O)C3=O)C1.O=C1CCC(N2Cc3cc(CC4CNC4)ccc3C2=O)C(=O)N1. The topological polar surface area (TPSA) is 175 Å². The number of benzene rings is 2. The normalized spacial score (nSPS) is 23.0. The van der Waals surface area contributed by atoms with E-state index in [0.29, 0.717) is 62.0 Å². The van der Waals surface area contributed by atoms with E-state index in [9.17, 15) is 33.6 Å². The van der Waals surface area contributed by atoms with E-state index in [1.807, 2.05) is 51.1 Å². The number of hydrogen-bond acceptors (Lipinski definition) is 9. The number of likely N-dealkylation sites (tertiary alicyclic amines) is 1. The third-order valence-corrected chi connectivity index (χ3v) is 10.7. The van der Waals surface area contributed by atoms with Gasteiger partial charge in [0, 0.05) is 50.1 Å². The van der Waals surface area contributed by atoms with Gasteiger partial charge in [0.2, 0.25) is 23.6 Å². The quantitative estimate of drug-likeness (QED) is 0.377. The zero-order valence-corrected chi connectivity index (χ0v) is 30.4. The van der Waals surface area contributed by atoms with Gasteiger partial charge in [-0.2, -0.15) is 0 Å². The van der Waals surface area contributed by atoms with Crippen molar-refractivity contribution < 1.29 is 38.3 Å². The van der Waals surface area contributed by atoms with Gasteiger partial charge >= 0.3 is 6.09 Å². The van der Waals surface area contributed by atoms with Crippen LogP contribution in [0.4, 0.5) is 4.79 Å². The van der Waals surface area contributed by atoms with Crippen LogP contribution in [0.5, 0.6) is 0 Å². The molecule has 0 saturated carbocycles. The van der Waals surface area contributed by atoms with Crippen molar-refractivity contribution in [2.75, 3.05) is 26.2 Å². The molecule has 6 aliphatic rings. The predicted octanol–water partition coefficient (Wildman–Crippen LogP) is 2.07. The lowest BCUT2D eigenvalue weighted by atomic mass is 9.91. The number of hydrogen-bond donors (Lipinski definition) is 3. The average molecular weight is 727 g/mol. The minimum Gasteiger partial charge on any atom is -0.444 e. The number of carbonyl (C=O) groups excluding carboxylic acids is 7. The average Bonchev–Trinajstić information content (AvgIpc) is 3.55. The van der Waals surface area contributed by atoms with Gasteiger partial charge in [-0.3, -0.25) is 39.4 Å². The lowest BCUT2D eigenvalue weighted by molar-refractivity contribution is -0.138. The number of fused-ring (bicyclic) bond motifs is 2. The van der Waals surface area contributed by atoms with E-state index in [2.05, 4.69) is 22.0 Å². The van der Waals surface area contributed by atoms with Crippen molar-refractivity contribution >= 4 is 41.5 Å². The summed E-state index contributed by atoms with van der Waals surface area (Å²) in [5, 5.41) is 7.91. The van der Waals surface area contributed by atoms with Crippen LogP contribution in [-0.4, -0.2) is 100 Å². The summed E-state index contributed by atoms with van der Waals surface area (Å²) in [6, 6.07) is 10.6. The number of imide groups is 2. The van der Waals surface area contributed by atoms with Gasteiger partial charge in [-0.25, -0.2) is 4.79 Å². The minimum atomic E-state index is -0.597. The summed E-state index contributed by atoms with van der Waals surface area (Å²) in [4.78, 5) is 89.1. The molecule has 3 N–H and O–H groups in total. The van der Waals surface area contributed by atoms with Gasteiger partial charge in [-0.05, 0) is 106 Å². The van der Waals surface area contributed by atoms with Gasteiger partial charge in [0.15, 0.2) is 0 Å². The van der Waals surface area contributed by atoms with Crippen molar-refractivity contribution in [1.82, 2.24) is 30.7 Å². The molecule has 4 saturated heterocycles. The Hall–Kier alpha value is -5.11. The molecule has 53 heavy (non-hydrogen) atoms. The fraction of sp³-hybridized carbons (Fsp3) is 0.513. The van der Waals surface area contributed by atoms with Crippen LogP contribution in [0, 0.1) is 11.8 Å². The van der Waals surface area contributed by atoms with E-state index in [1.165, 1.54) is 5.56 Å². The van der Waals surface area contributed by atoms with Gasteiger partial charge < -0.3 is 24.8 Å². The van der Waals surface area contributed by atoms with Crippen LogP contribution >= 0.6 is 0 Å². The lowest BCUT2D eigenvalue weighted by Gasteiger charge is -2.40. The van der Waals surface area contributed by atoms with Gasteiger partial charge in [-0.1, -0.05) is 24.3 Å². The van der Waals surface area contributed by atoms with Crippen molar-refractivity contribution in [3.63, 3.8) is 0 Å². The molecule has 280 valence electrons. The molecule has 0 aromatic heterocycles. The number of rotatable bonds is 6. The molecule has 6 aliphatic heterocycles.